The standard InChI is InChI=1S/C23H26ClN3O4/c24-16-8-10-17(11-9-16)25-22(29)18-5-1-2-6-19(18)26-21(28)15-27-12-4-3-7-20(27)23-30-13-14-31-23/h1-2,5-6,8-11,20,23H,3-4,7,12-15H2,(H,25,29)(H,26,28). The number of nitrogens with one attached hydrogen (secondary N) is 2. The summed E-state index contributed by atoms with van der Waals surface area (Å²) in [6.45, 7) is 2.23. The molecule has 2 heterocycles. The number of nitrogens with zero attached hydrogens (tertiary/aromatic N) is 1. The van der Waals surface area contributed by atoms with Crippen molar-refractivity contribution in [1.82, 2.24) is 4.90 Å². The summed E-state index contributed by atoms with van der Waals surface area (Å²) in [6.07, 6.45) is 2.81. The van der Waals surface area contributed by atoms with Gasteiger partial charge in [0.2, 0.25) is 5.91 Å². The molecular formula is C23H26ClN3O4. The Balaban J connectivity index is 1.41. The van der Waals surface area contributed by atoms with Crippen molar-refractivity contribution in [2.75, 3.05) is 36.9 Å². The molecular weight excluding hydrogens is 418 g/mol. The zero-order chi connectivity index (χ0) is 21.6. The van der Waals surface area contributed by atoms with Gasteiger partial charge in [-0.25, -0.2) is 0 Å². The quantitative estimate of drug-likeness (QED) is 0.710. The number of hydrogen-bond acceptors (Lipinski definition) is 5. The van der Waals surface area contributed by atoms with Gasteiger partial charge in [0.1, 0.15) is 0 Å². The Labute approximate surface area is 186 Å². The van der Waals surface area contributed by atoms with E-state index in [0.717, 1.165) is 25.8 Å². The number of amides is 2. The van der Waals surface area contributed by atoms with Crippen LogP contribution in [0.1, 0.15) is 29.6 Å². The van der Waals surface area contributed by atoms with E-state index in [4.69, 9.17) is 21.1 Å². The third kappa shape index (κ3) is 5.62. The molecule has 2 saturated heterocycles. The summed E-state index contributed by atoms with van der Waals surface area (Å²) in [5, 5.41) is 6.33. The molecule has 164 valence electrons. The third-order valence-corrected chi connectivity index (χ3v) is 5.77. The van der Waals surface area contributed by atoms with E-state index in [9.17, 15) is 9.59 Å². The minimum absolute atomic E-state index is 0.0745. The minimum Gasteiger partial charge on any atom is -0.349 e. The number of halogens is 1. The first-order valence-electron chi connectivity index (χ1n) is 10.5. The molecule has 2 aliphatic rings. The van der Waals surface area contributed by atoms with Gasteiger partial charge in [0, 0.05) is 10.7 Å². The highest BCUT2D eigenvalue weighted by molar-refractivity contribution is 6.30. The van der Waals surface area contributed by atoms with Crippen LogP contribution in [0.3, 0.4) is 0 Å². The van der Waals surface area contributed by atoms with Crippen molar-refractivity contribution in [3.05, 3.63) is 59.1 Å². The van der Waals surface area contributed by atoms with Gasteiger partial charge in [0.05, 0.1) is 37.1 Å². The van der Waals surface area contributed by atoms with Crippen molar-refractivity contribution in [2.24, 2.45) is 0 Å². The van der Waals surface area contributed by atoms with Gasteiger partial charge >= 0.3 is 0 Å². The van der Waals surface area contributed by atoms with E-state index in [2.05, 4.69) is 15.5 Å². The highest BCUT2D eigenvalue weighted by Gasteiger charge is 2.34. The zero-order valence-corrected chi connectivity index (χ0v) is 17.9. The molecule has 7 nitrogen and oxygen atoms in total. The SMILES string of the molecule is O=C(CN1CCCCC1C1OCCO1)Nc1ccccc1C(=O)Nc1ccc(Cl)cc1. The van der Waals surface area contributed by atoms with Crippen LogP contribution in [-0.4, -0.2) is 55.3 Å². The Kier molecular flexibility index (Phi) is 7.19. The van der Waals surface area contributed by atoms with Crippen LogP contribution in [0, 0.1) is 0 Å². The fourth-order valence-electron chi connectivity index (χ4n) is 4.02. The molecule has 2 fully saturated rings. The van der Waals surface area contributed by atoms with E-state index >= 15 is 0 Å². The average Bonchev–Trinajstić information content (AvgIpc) is 3.31. The summed E-state index contributed by atoms with van der Waals surface area (Å²) in [7, 11) is 0. The van der Waals surface area contributed by atoms with Gasteiger partial charge in [0.15, 0.2) is 6.29 Å². The molecule has 0 bridgehead atoms. The predicted octanol–water partition coefficient (Wildman–Crippen LogP) is 3.76. The number of para-hydroxylation sites is 1. The fraction of sp³-hybridized carbons (Fsp3) is 0.391. The summed E-state index contributed by atoms with van der Waals surface area (Å²) >= 11 is 5.90. The highest BCUT2D eigenvalue weighted by Crippen LogP contribution is 2.25. The number of hydrogen-bond donors (Lipinski definition) is 2. The minimum atomic E-state index is -0.304. The van der Waals surface area contributed by atoms with Crippen LogP contribution >= 0.6 is 11.6 Å². The Morgan fingerprint density at radius 1 is 1.00 bits per heavy atom. The van der Waals surface area contributed by atoms with Crippen molar-refractivity contribution in [2.45, 2.75) is 31.6 Å². The largest absolute Gasteiger partial charge is 0.349 e. The number of ether oxygens (including phenoxy) is 2. The molecule has 2 aromatic rings. The van der Waals surface area contributed by atoms with Gasteiger partial charge in [-0.2, -0.15) is 0 Å². The number of anilines is 2. The molecule has 4 rings (SSSR count). The lowest BCUT2D eigenvalue weighted by atomic mass is 10.0. The molecule has 2 N–H and O–H groups in total. The molecule has 8 heteroatoms. The van der Waals surface area contributed by atoms with Crippen LogP contribution < -0.4 is 10.6 Å². The summed E-state index contributed by atoms with van der Waals surface area (Å²) in [6, 6.07) is 13.9. The van der Waals surface area contributed by atoms with Crippen molar-refractivity contribution in [3.8, 4) is 0 Å². The van der Waals surface area contributed by atoms with Gasteiger partial charge in [-0.3, -0.25) is 14.5 Å². The van der Waals surface area contributed by atoms with Crippen molar-refractivity contribution in [3.63, 3.8) is 0 Å². The molecule has 0 spiro atoms. The first-order chi connectivity index (χ1) is 15.1. The van der Waals surface area contributed by atoms with Gasteiger partial charge < -0.3 is 20.1 Å². The zero-order valence-electron chi connectivity index (χ0n) is 17.2. The monoisotopic (exact) mass is 443 g/mol. The molecule has 0 aliphatic carbocycles. The fourth-order valence-corrected chi connectivity index (χ4v) is 4.14. The lowest BCUT2D eigenvalue weighted by Gasteiger charge is -2.37. The molecule has 1 atom stereocenters. The Morgan fingerprint density at radius 3 is 2.52 bits per heavy atom. The van der Waals surface area contributed by atoms with Gasteiger partial charge in [-0.1, -0.05) is 30.2 Å². The lowest BCUT2D eigenvalue weighted by Crippen LogP contribution is -2.50. The molecule has 0 saturated carbocycles. The molecule has 31 heavy (non-hydrogen) atoms. The molecule has 2 aliphatic heterocycles. The van der Waals surface area contributed by atoms with Crippen molar-refractivity contribution >= 4 is 34.8 Å². The van der Waals surface area contributed by atoms with Crippen molar-refractivity contribution in [1.29, 1.82) is 0 Å². The van der Waals surface area contributed by atoms with Crippen LogP contribution in [0.15, 0.2) is 48.5 Å². The number of carbonyl (C=O) groups is 2. The summed E-state index contributed by atoms with van der Waals surface area (Å²) in [5.41, 5.74) is 1.49. The second-order valence-corrected chi connectivity index (χ2v) is 8.13. The second kappa shape index (κ2) is 10.2. The van der Waals surface area contributed by atoms with Crippen LogP contribution in [0.4, 0.5) is 11.4 Å². The Hall–Kier alpha value is -2.45. The molecule has 2 amide bonds. The Morgan fingerprint density at radius 2 is 1.74 bits per heavy atom. The van der Waals surface area contributed by atoms with Gasteiger partial charge in [-0.05, 0) is 55.8 Å². The third-order valence-electron chi connectivity index (χ3n) is 5.52. The van der Waals surface area contributed by atoms with E-state index < -0.39 is 0 Å². The van der Waals surface area contributed by atoms with E-state index in [1.165, 1.54) is 0 Å². The molecule has 0 radical (unpaired) electrons. The highest BCUT2D eigenvalue weighted by atomic mass is 35.5. The summed E-state index contributed by atoms with van der Waals surface area (Å²) < 4.78 is 11.4. The van der Waals surface area contributed by atoms with Crippen LogP contribution in [-0.2, 0) is 14.3 Å². The first-order valence-corrected chi connectivity index (χ1v) is 10.9. The molecule has 0 aromatic heterocycles. The maximum atomic E-state index is 12.8. The molecule has 1 unspecified atom stereocenters. The Bertz CT molecular complexity index is 915. The predicted molar refractivity (Wildman–Crippen MR) is 119 cm³/mol. The van der Waals surface area contributed by atoms with E-state index in [-0.39, 0.29) is 30.7 Å². The van der Waals surface area contributed by atoms with Gasteiger partial charge in [0.25, 0.3) is 5.91 Å². The van der Waals surface area contributed by atoms with Crippen LogP contribution in [0.25, 0.3) is 0 Å². The number of rotatable bonds is 6. The van der Waals surface area contributed by atoms with E-state index in [1.807, 2.05) is 0 Å². The lowest BCUT2D eigenvalue weighted by molar-refractivity contribution is -0.127. The summed E-state index contributed by atoms with van der Waals surface area (Å²) in [5.74, 6) is -0.474. The second-order valence-electron chi connectivity index (χ2n) is 7.70. The smallest absolute Gasteiger partial charge is 0.257 e. The maximum Gasteiger partial charge on any atom is 0.257 e. The normalized spacial score (nSPS) is 19.8. The summed E-state index contributed by atoms with van der Waals surface area (Å²) in [4.78, 5) is 27.7. The molecule has 2 aromatic carbocycles. The number of piperidine rings is 1. The number of benzene rings is 2. The number of carbonyl (C=O) groups excluding carboxylic acids is 2. The van der Waals surface area contributed by atoms with Crippen LogP contribution in [0.2, 0.25) is 5.02 Å². The first kappa shape index (κ1) is 21.8. The van der Waals surface area contributed by atoms with Crippen LogP contribution in [0.5, 0.6) is 0 Å². The van der Waals surface area contributed by atoms with E-state index in [0.29, 0.717) is 35.2 Å². The van der Waals surface area contributed by atoms with Gasteiger partial charge in [-0.15, -0.1) is 0 Å². The van der Waals surface area contributed by atoms with Crippen molar-refractivity contribution < 1.29 is 19.1 Å². The topological polar surface area (TPSA) is 79.9 Å². The average molecular weight is 444 g/mol. The maximum absolute atomic E-state index is 12.8. The number of likely N-dealkylation sites (tertiary alicyclic amines) is 1. The van der Waals surface area contributed by atoms with E-state index in [1.54, 1.807) is 48.5 Å².